The molecule has 0 saturated carbocycles. The quantitative estimate of drug-likeness (QED) is 0.657. The van der Waals surface area contributed by atoms with Crippen molar-refractivity contribution in [2.24, 2.45) is 7.05 Å². The largest absolute Gasteiger partial charge is 0.207 e. The van der Waals surface area contributed by atoms with E-state index in [4.69, 9.17) is 0 Å². The van der Waals surface area contributed by atoms with Gasteiger partial charge in [-0.25, -0.2) is 4.57 Å². The van der Waals surface area contributed by atoms with Gasteiger partial charge in [0.05, 0.1) is 0 Å². The van der Waals surface area contributed by atoms with Crippen molar-refractivity contribution in [2.45, 2.75) is 41.5 Å². The first kappa shape index (κ1) is 18.0. The first-order valence-corrected chi connectivity index (χ1v) is 6.44. The summed E-state index contributed by atoms with van der Waals surface area (Å²) in [7, 11) is 2.02. The van der Waals surface area contributed by atoms with Crippen molar-refractivity contribution in [3.63, 3.8) is 0 Å². The lowest BCUT2D eigenvalue weighted by Gasteiger charge is -2.03. The second kappa shape index (κ2) is 11.1. The molecule has 1 aromatic heterocycles. The van der Waals surface area contributed by atoms with E-state index in [9.17, 15) is 0 Å². The van der Waals surface area contributed by atoms with Crippen molar-refractivity contribution in [1.82, 2.24) is 0 Å². The highest BCUT2D eigenvalue weighted by atomic mass is 14.9. The summed E-state index contributed by atoms with van der Waals surface area (Å²) in [6.45, 7) is 16.0. The van der Waals surface area contributed by atoms with Crippen molar-refractivity contribution in [2.75, 3.05) is 0 Å². The topological polar surface area (TPSA) is 3.88 Å². The predicted octanol–water partition coefficient (Wildman–Crippen LogP) is 4.63. The van der Waals surface area contributed by atoms with Crippen molar-refractivity contribution in [3.8, 4) is 0 Å². The molecule has 0 unspecified atom stereocenters. The van der Waals surface area contributed by atoms with E-state index in [1.54, 1.807) is 0 Å². The molecule has 0 aromatic carbocycles. The van der Waals surface area contributed by atoms with Gasteiger partial charge in [0.25, 0.3) is 0 Å². The van der Waals surface area contributed by atoms with Crippen LogP contribution in [0.4, 0.5) is 0 Å². The number of pyridine rings is 1. The summed E-state index contributed by atoms with van der Waals surface area (Å²) in [5.41, 5.74) is 3.73. The number of aryl methyl sites for hydroxylation is 1. The molecule has 0 atom stereocenters. The molecule has 0 spiro atoms. The molecule has 0 amide bonds. The van der Waals surface area contributed by atoms with Crippen LogP contribution < -0.4 is 4.57 Å². The normalized spacial score (nSPS) is 9.47. The van der Waals surface area contributed by atoms with Crippen molar-refractivity contribution < 1.29 is 4.57 Å². The Kier molecular flexibility index (Phi) is 11.8. The molecule has 0 aliphatic heterocycles. The van der Waals surface area contributed by atoms with E-state index < -0.39 is 0 Å². The summed E-state index contributed by atoms with van der Waals surface area (Å²) < 4.78 is 2.03. The van der Waals surface area contributed by atoms with Gasteiger partial charge in [0.2, 0.25) is 0 Å². The minimum atomic E-state index is 1.18. The third-order valence-corrected chi connectivity index (χ3v) is 2.21. The zero-order valence-corrected chi connectivity index (χ0v) is 12.5. The standard InChI is InChI=1S/C12H16N.2C2H6/c1-5-10(3)12-7-8-13(4)9-11(12)6-2;2*1-2/h5-9H,2H2,1,3-4H3;2*1-2H3/q+1;;/b10-5-;;. The maximum absolute atomic E-state index is 3.81. The fraction of sp³-hybridized carbons (Fsp3) is 0.438. The molecule has 0 fully saturated rings. The molecule has 1 aromatic rings. The predicted molar refractivity (Wildman–Crippen MR) is 79.7 cm³/mol. The van der Waals surface area contributed by atoms with Gasteiger partial charge in [0.1, 0.15) is 7.05 Å². The van der Waals surface area contributed by atoms with Crippen LogP contribution in [0, 0.1) is 0 Å². The van der Waals surface area contributed by atoms with E-state index in [1.807, 2.05) is 45.4 Å². The van der Waals surface area contributed by atoms with Crippen molar-refractivity contribution >= 4 is 11.6 Å². The first-order chi connectivity index (χ1) is 8.19. The fourth-order valence-electron chi connectivity index (χ4n) is 1.30. The average Bonchev–Trinajstić information content (AvgIpc) is 2.42. The number of hydrogen-bond donors (Lipinski definition) is 0. The Hall–Kier alpha value is -1.37. The lowest BCUT2D eigenvalue weighted by atomic mass is 10.0. The summed E-state index contributed by atoms with van der Waals surface area (Å²) in [4.78, 5) is 0. The Morgan fingerprint density at radius 3 is 2.18 bits per heavy atom. The van der Waals surface area contributed by atoms with Crippen molar-refractivity contribution in [1.29, 1.82) is 0 Å². The Morgan fingerprint density at radius 1 is 1.24 bits per heavy atom. The lowest BCUT2D eigenvalue weighted by Crippen LogP contribution is -2.27. The van der Waals surface area contributed by atoms with Crippen LogP contribution >= 0.6 is 0 Å². The molecule has 0 aliphatic carbocycles. The third kappa shape index (κ3) is 6.06. The zero-order valence-electron chi connectivity index (χ0n) is 12.5. The zero-order chi connectivity index (χ0) is 13.8. The van der Waals surface area contributed by atoms with Crippen LogP contribution in [0.2, 0.25) is 0 Å². The molecular formula is C16H28N+. The monoisotopic (exact) mass is 234 g/mol. The molecule has 1 rings (SSSR count). The summed E-state index contributed by atoms with van der Waals surface area (Å²) in [5.74, 6) is 0. The van der Waals surface area contributed by atoms with E-state index in [2.05, 4.69) is 45.0 Å². The van der Waals surface area contributed by atoms with E-state index >= 15 is 0 Å². The highest BCUT2D eigenvalue weighted by molar-refractivity contribution is 5.71. The highest BCUT2D eigenvalue weighted by Gasteiger charge is 2.04. The third-order valence-electron chi connectivity index (χ3n) is 2.21. The van der Waals surface area contributed by atoms with Gasteiger partial charge in [-0.3, -0.25) is 0 Å². The van der Waals surface area contributed by atoms with Gasteiger partial charge in [0.15, 0.2) is 12.4 Å². The summed E-state index contributed by atoms with van der Waals surface area (Å²) in [5, 5.41) is 0. The van der Waals surface area contributed by atoms with Crippen LogP contribution in [0.1, 0.15) is 52.7 Å². The van der Waals surface area contributed by atoms with Crippen LogP contribution in [0.25, 0.3) is 11.6 Å². The SMILES string of the molecule is C=Cc1c[n+](C)ccc1/C(C)=C\C.CC.CC. The second-order valence-electron chi connectivity index (χ2n) is 3.16. The molecule has 0 bridgehead atoms. The van der Waals surface area contributed by atoms with Crippen LogP contribution in [-0.4, -0.2) is 0 Å². The van der Waals surface area contributed by atoms with E-state index in [0.29, 0.717) is 0 Å². The minimum absolute atomic E-state index is 1.18. The van der Waals surface area contributed by atoms with E-state index in [-0.39, 0.29) is 0 Å². The van der Waals surface area contributed by atoms with E-state index in [1.165, 1.54) is 16.7 Å². The molecule has 17 heavy (non-hydrogen) atoms. The van der Waals surface area contributed by atoms with Gasteiger partial charge >= 0.3 is 0 Å². The molecule has 1 heteroatoms. The second-order valence-corrected chi connectivity index (χ2v) is 3.16. The number of aromatic nitrogens is 1. The Morgan fingerprint density at radius 2 is 1.76 bits per heavy atom. The number of hydrogen-bond acceptors (Lipinski definition) is 0. The van der Waals surface area contributed by atoms with E-state index in [0.717, 1.165) is 0 Å². The smallest absolute Gasteiger partial charge is 0.176 e. The Bertz CT molecular complexity index is 349. The number of rotatable bonds is 2. The Balaban J connectivity index is 0. The molecule has 0 N–H and O–H groups in total. The van der Waals surface area contributed by atoms with Crippen LogP contribution in [0.15, 0.2) is 31.1 Å². The van der Waals surface area contributed by atoms with Gasteiger partial charge in [-0.15, -0.1) is 0 Å². The molecule has 96 valence electrons. The lowest BCUT2D eigenvalue weighted by molar-refractivity contribution is -0.671. The molecule has 0 radical (unpaired) electrons. The fourth-order valence-corrected chi connectivity index (χ4v) is 1.30. The number of allylic oxidation sites excluding steroid dienone is 2. The molecular weight excluding hydrogens is 206 g/mol. The molecule has 0 saturated heterocycles. The molecule has 1 heterocycles. The van der Waals surface area contributed by atoms with Crippen LogP contribution in [-0.2, 0) is 7.05 Å². The maximum Gasteiger partial charge on any atom is 0.176 e. The van der Waals surface area contributed by atoms with Gasteiger partial charge in [-0.05, 0) is 25.0 Å². The highest BCUT2D eigenvalue weighted by Crippen LogP contribution is 2.17. The van der Waals surface area contributed by atoms with Gasteiger partial charge < -0.3 is 0 Å². The van der Waals surface area contributed by atoms with Gasteiger partial charge in [-0.1, -0.05) is 46.4 Å². The summed E-state index contributed by atoms with van der Waals surface area (Å²) in [6.07, 6.45) is 8.13. The molecule has 0 aliphatic rings. The summed E-state index contributed by atoms with van der Waals surface area (Å²) >= 11 is 0. The maximum atomic E-state index is 3.81. The minimum Gasteiger partial charge on any atom is -0.207 e. The van der Waals surface area contributed by atoms with Crippen LogP contribution in [0.3, 0.4) is 0 Å². The number of nitrogens with zero attached hydrogens (tertiary/aromatic N) is 1. The summed E-state index contributed by atoms with van der Waals surface area (Å²) in [6, 6.07) is 2.12. The van der Waals surface area contributed by atoms with Gasteiger partial charge in [0, 0.05) is 11.6 Å². The molecule has 1 nitrogen and oxygen atoms in total. The van der Waals surface area contributed by atoms with Crippen molar-refractivity contribution in [3.05, 3.63) is 42.2 Å². The first-order valence-electron chi connectivity index (χ1n) is 6.44. The van der Waals surface area contributed by atoms with Crippen LogP contribution in [0.5, 0.6) is 0 Å². The Labute approximate surface area is 108 Å². The van der Waals surface area contributed by atoms with Gasteiger partial charge in [-0.2, -0.15) is 0 Å². The average molecular weight is 234 g/mol.